The molecular formula is C29H27FN2O6S2. The van der Waals surface area contributed by atoms with Crippen LogP contribution >= 0.6 is 10.8 Å². The molecule has 3 aromatic rings. The minimum absolute atomic E-state index is 0.0325. The Morgan fingerprint density at radius 1 is 1.10 bits per heavy atom. The van der Waals surface area contributed by atoms with Gasteiger partial charge in [0.1, 0.15) is 23.5 Å². The Morgan fingerprint density at radius 2 is 1.75 bits per heavy atom. The van der Waals surface area contributed by atoms with Gasteiger partial charge in [0.25, 0.3) is 5.91 Å². The number of carbonyl (C=O) groups excluding carboxylic acids is 2. The van der Waals surface area contributed by atoms with Gasteiger partial charge in [0.2, 0.25) is 8.87 Å². The van der Waals surface area contributed by atoms with Gasteiger partial charge < -0.3 is 14.4 Å². The van der Waals surface area contributed by atoms with E-state index in [1.165, 1.54) is 43.7 Å². The van der Waals surface area contributed by atoms with Crippen LogP contribution in [0.2, 0.25) is 0 Å². The molecule has 8 nitrogen and oxygen atoms in total. The third-order valence-electron chi connectivity index (χ3n) is 6.10. The van der Waals surface area contributed by atoms with Crippen LogP contribution in [-0.2, 0) is 29.8 Å². The van der Waals surface area contributed by atoms with Crippen LogP contribution in [0, 0.1) is 5.82 Å². The van der Waals surface area contributed by atoms with Crippen molar-refractivity contribution in [1.82, 2.24) is 4.90 Å². The van der Waals surface area contributed by atoms with E-state index in [9.17, 15) is 22.4 Å². The number of nitrogens with zero attached hydrogens (tertiary/aromatic N) is 2. The molecule has 0 aliphatic carbocycles. The zero-order chi connectivity index (χ0) is 28.9. The van der Waals surface area contributed by atoms with Gasteiger partial charge >= 0.3 is 5.97 Å². The maximum atomic E-state index is 14.2. The molecule has 1 aliphatic rings. The molecule has 1 fully saturated rings. The van der Waals surface area contributed by atoms with Gasteiger partial charge in [-0.2, -0.15) is 0 Å². The van der Waals surface area contributed by atoms with Crippen LogP contribution in [0.4, 0.5) is 4.39 Å². The summed E-state index contributed by atoms with van der Waals surface area (Å²) in [5.74, 6) is -1.28. The number of aliphatic imine (C=N–C) groups is 1. The number of benzene rings is 3. The van der Waals surface area contributed by atoms with Gasteiger partial charge in [-0.1, -0.05) is 55.1 Å². The van der Waals surface area contributed by atoms with Crippen molar-refractivity contribution in [2.24, 2.45) is 4.99 Å². The lowest BCUT2D eigenvalue weighted by Gasteiger charge is -2.47. The number of hydrogen-bond donors (Lipinski definition) is 0. The van der Waals surface area contributed by atoms with Crippen LogP contribution in [0.5, 0.6) is 5.75 Å². The lowest BCUT2D eigenvalue weighted by molar-refractivity contribution is -0.161. The lowest BCUT2D eigenvalue weighted by Crippen LogP contribution is -2.67. The second kappa shape index (κ2) is 12.5. The van der Waals surface area contributed by atoms with Crippen LogP contribution in [0.1, 0.15) is 18.1 Å². The van der Waals surface area contributed by atoms with Crippen molar-refractivity contribution in [1.29, 1.82) is 0 Å². The molecule has 4 rings (SSSR count). The summed E-state index contributed by atoms with van der Waals surface area (Å²) in [6, 6.07) is 18.0. The number of amides is 1. The lowest BCUT2D eigenvalue weighted by atomic mass is 9.99. The van der Waals surface area contributed by atoms with Crippen molar-refractivity contribution in [2.75, 3.05) is 7.11 Å². The number of hydrogen-bond acceptors (Lipinski definition) is 8. The van der Waals surface area contributed by atoms with Crippen molar-refractivity contribution in [3.05, 3.63) is 108 Å². The van der Waals surface area contributed by atoms with E-state index in [1.807, 2.05) is 0 Å². The number of esters is 1. The highest BCUT2D eigenvalue weighted by atomic mass is 33.1. The van der Waals surface area contributed by atoms with Crippen LogP contribution in [-0.4, -0.2) is 56.0 Å². The first kappa shape index (κ1) is 29.0. The van der Waals surface area contributed by atoms with E-state index >= 15 is 0 Å². The van der Waals surface area contributed by atoms with E-state index in [0.29, 0.717) is 22.1 Å². The Kier molecular flexibility index (Phi) is 9.06. The molecule has 1 heterocycles. The largest absolute Gasteiger partial charge is 0.497 e. The number of β-lactam (4-membered cyclic amide) rings is 1. The molecule has 3 aromatic carbocycles. The maximum Gasteiger partial charge on any atom is 0.333 e. The van der Waals surface area contributed by atoms with Crippen LogP contribution in [0.3, 0.4) is 0 Å². The molecule has 1 amide bonds. The summed E-state index contributed by atoms with van der Waals surface area (Å²) in [4.78, 5) is 31.9. The summed E-state index contributed by atoms with van der Waals surface area (Å²) in [7, 11) is -1.94. The predicted molar refractivity (Wildman–Crippen MR) is 151 cm³/mol. The minimum atomic E-state index is -3.97. The summed E-state index contributed by atoms with van der Waals surface area (Å²) in [5.41, 5.74) is 1.11. The molecule has 1 aliphatic heterocycles. The first-order valence-corrected chi connectivity index (χ1v) is 15.0. The molecule has 0 N–H and O–H groups in total. The Bertz CT molecular complexity index is 1530. The molecule has 0 spiro atoms. The topological polar surface area (TPSA) is 102 Å². The molecule has 0 radical (unpaired) electrons. The second-order valence-corrected chi connectivity index (χ2v) is 12.9. The second-order valence-electron chi connectivity index (χ2n) is 8.95. The molecule has 3 atom stereocenters. The molecule has 11 heteroatoms. The smallest absolute Gasteiger partial charge is 0.333 e. The molecule has 40 heavy (non-hydrogen) atoms. The Hall–Kier alpha value is -3.96. The zero-order valence-electron chi connectivity index (χ0n) is 21.8. The van der Waals surface area contributed by atoms with Gasteiger partial charge in [-0.3, -0.25) is 9.79 Å². The molecule has 0 aromatic heterocycles. The summed E-state index contributed by atoms with van der Waals surface area (Å²) in [6.45, 7) is 5.32. The fourth-order valence-electron chi connectivity index (χ4n) is 4.00. The van der Waals surface area contributed by atoms with Crippen LogP contribution < -0.4 is 4.74 Å². The number of likely N-dealkylation sites (tertiary alicyclic amines) is 1. The molecule has 208 valence electrons. The number of rotatable bonds is 11. The fraction of sp³-hybridized carbons (Fsp3) is 0.207. The Balaban J connectivity index is 1.61. The number of carbonyl (C=O) groups is 2. The quantitative estimate of drug-likeness (QED) is 0.107. The van der Waals surface area contributed by atoms with Gasteiger partial charge in [-0.15, -0.1) is 0 Å². The summed E-state index contributed by atoms with van der Waals surface area (Å²) >= 11 is 0. The average molecular weight is 583 g/mol. The van der Waals surface area contributed by atoms with Gasteiger partial charge in [-0.05, 0) is 48.4 Å². The summed E-state index contributed by atoms with van der Waals surface area (Å²) in [6.07, 6.45) is 1.19. The van der Waals surface area contributed by atoms with Crippen molar-refractivity contribution < 1.29 is 31.9 Å². The van der Waals surface area contributed by atoms with E-state index < -0.39 is 44.0 Å². The van der Waals surface area contributed by atoms with E-state index in [0.717, 1.165) is 4.90 Å². The first-order valence-electron chi connectivity index (χ1n) is 12.2. The molecular weight excluding hydrogens is 555 g/mol. The SMILES string of the molecule is C=C(C)C(C(=O)OCc1ccc(OC)cc1)N1C(=O)C(N=Cc2ccccc2F)C1SS(=O)(=O)c1ccccc1. The molecule has 3 unspecified atom stereocenters. The number of ether oxygens (including phenoxy) is 2. The van der Waals surface area contributed by atoms with Crippen molar-refractivity contribution in [2.45, 2.75) is 35.9 Å². The van der Waals surface area contributed by atoms with E-state index in [4.69, 9.17) is 9.47 Å². The van der Waals surface area contributed by atoms with Crippen molar-refractivity contribution in [3.8, 4) is 5.75 Å². The van der Waals surface area contributed by atoms with Crippen molar-refractivity contribution in [3.63, 3.8) is 0 Å². The third-order valence-corrected chi connectivity index (χ3v) is 9.81. The highest BCUT2D eigenvalue weighted by Gasteiger charge is 2.55. The van der Waals surface area contributed by atoms with Crippen LogP contribution in [0.25, 0.3) is 0 Å². The maximum absolute atomic E-state index is 14.2. The van der Waals surface area contributed by atoms with Gasteiger partial charge in [0.15, 0.2) is 12.1 Å². The van der Waals surface area contributed by atoms with Gasteiger partial charge in [0.05, 0.1) is 12.0 Å². The molecule has 1 saturated heterocycles. The molecule has 0 saturated carbocycles. The molecule has 0 bridgehead atoms. The highest BCUT2D eigenvalue weighted by molar-refractivity contribution is 8.72. The van der Waals surface area contributed by atoms with Crippen molar-refractivity contribution >= 4 is 37.8 Å². The average Bonchev–Trinajstić information content (AvgIpc) is 2.95. The number of halogens is 1. The number of methoxy groups -OCH3 is 1. The van der Waals surface area contributed by atoms with E-state index in [-0.39, 0.29) is 22.6 Å². The summed E-state index contributed by atoms with van der Waals surface area (Å²) < 4.78 is 51.3. The summed E-state index contributed by atoms with van der Waals surface area (Å²) in [5, 5.41) is -1.10. The predicted octanol–water partition coefficient (Wildman–Crippen LogP) is 4.60. The van der Waals surface area contributed by atoms with Crippen LogP contribution in [0.15, 0.2) is 101 Å². The Morgan fingerprint density at radius 3 is 2.38 bits per heavy atom. The van der Waals surface area contributed by atoms with E-state index in [2.05, 4.69) is 11.6 Å². The van der Waals surface area contributed by atoms with E-state index in [1.54, 1.807) is 55.5 Å². The fourth-order valence-corrected chi connectivity index (χ4v) is 7.51. The minimum Gasteiger partial charge on any atom is -0.497 e. The first-order chi connectivity index (χ1) is 19.1. The zero-order valence-corrected chi connectivity index (χ0v) is 23.4. The highest BCUT2D eigenvalue weighted by Crippen LogP contribution is 2.41. The monoisotopic (exact) mass is 582 g/mol. The standard InChI is InChI=1S/C29H27FN2O6S2/c1-19(2)26(29(34)38-18-20-13-15-22(37-3)16-14-20)32-27(33)25(31-17-21-9-7-8-12-24(21)30)28(32)39-40(35,36)23-10-5-4-6-11-23/h4-17,25-26,28H,1,18H2,2-3H3. The van der Waals surface area contributed by atoms with Gasteiger partial charge in [-0.25, -0.2) is 17.6 Å². The third kappa shape index (κ3) is 6.43. The Labute approximate surface area is 235 Å². The van der Waals surface area contributed by atoms with Gasteiger partial charge in [0, 0.05) is 22.6 Å². The normalized spacial score (nSPS) is 17.8.